The summed E-state index contributed by atoms with van der Waals surface area (Å²) in [6.45, 7) is 6.82. The molecule has 162 valence electrons. The summed E-state index contributed by atoms with van der Waals surface area (Å²) < 4.78 is 28.1. The monoisotopic (exact) mass is 437 g/mol. The zero-order chi connectivity index (χ0) is 22.0. The summed E-state index contributed by atoms with van der Waals surface area (Å²) in [5.41, 5.74) is 3.90. The Labute approximate surface area is 183 Å². The van der Waals surface area contributed by atoms with Crippen LogP contribution in [0, 0.1) is 20.8 Å². The third kappa shape index (κ3) is 4.60. The number of aryl methyl sites for hydroxylation is 3. The second-order valence-corrected chi connectivity index (χ2v) is 9.99. The third-order valence-electron chi connectivity index (χ3n) is 5.84. The first-order valence-corrected chi connectivity index (χ1v) is 11.9. The van der Waals surface area contributed by atoms with E-state index in [1.165, 1.54) is 0 Å². The smallest absolute Gasteiger partial charge is 0.243 e. The largest absolute Gasteiger partial charge is 0.309 e. The molecule has 0 aliphatic carbocycles. The van der Waals surface area contributed by atoms with Crippen molar-refractivity contribution < 1.29 is 8.42 Å². The molecule has 3 heterocycles. The molecule has 1 aliphatic rings. The van der Waals surface area contributed by atoms with Gasteiger partial charge in [0.1, 0.15) is 5.82 Å². The molecule has 8 heteroatoms. The molecule has 0 saturated carbocycles. The Balaban J connectivity index is 1.55. The van der Waals surface area contributed by atoms with Crippen LogP contribution in [0.5, 0.6) is 0 Å². The van der Waals surface area contributed by atoms with Gasteiger partial charge < -0.3 is 5.32 Å². The lowest BCUT2D eigenvalue weighted by atomic mass is 9.96. The van der Waals surface area contributed by atoms with Crippen LogP contribution in [0.15, 0.2) is 53.7 Å². The van der Waals surface area contributed by atoms with E-state index in [9.17, 15) is 8.42 Å². The van der Waals surface area contributed by atoms with Gasteiger partial charge >= 0.3 is 0 Å². The standard InChI is InChI=1S/C23H27N5O2S/c1-16-8-9-20(14-18(16)3)31(29,30)28-13-5-7-19(15-28)21-10-12-25-23(26-21)27-22-17(2)6-4-11-24-22/h4,6,8-12,14,19H,5,7,13,15H2,1-3H3,(H,24,25,26,27)/t19-/m1/s1. The molecule has 0 radical (unpaired) electrons. The summed E-state index contributed by atoms with van der Waals surface area (Å²) in [5.74, 6) is 1.19. The van der Waals surface area contributed by atoms with Crippen LogP contribution in [0.25, 0.3) is 0 Å². The number of pyridine rings is 1. The van der Waals surface area contributed by atoms with E-state index in [4.69, 9.17) is 0 Å². The first-order chi connectivity index (χ1) is 14.8. The van der Waals surface area contributed by atoms with Crippen LogP contribution in [-0.4, -0.2) is 40.8 Å². The highest BCUT2D eigenvalue weighted by Crippen LogP contribution is 2.30. The van der Waals surface area contributed by atoms with E-state index in [1.54, 1.807) is 28.8 Å². The predicted molar refractivity (Wildman–Crippen MR) is 121 cm³/mol. The van der Waals surface area contributed by atoms with Crippen LogP contribution in [0.3, 0.4) is 0 Å². The van der Waals surface area contributed by atoms with E-state index >= 15 is 0 Å². The topological polar surface area (TPSA) is 88.1 Å². The Kier molecular flexibility index (Phi) is 6.02. The molecule has 1 atom stereocenters. The zero-order valence-electron chi connectivity index (χ0n) is 18.0. The summed E-state index contributed by atoms with van der Waals surface area (Å²) in [5, 5.41) is 3.17. The average Bonchev–Trinajstić information content (AvgIpc) is 2.77. The van der Waals surface area contributed by atoms with Gasteiger partial charge in [0.25, 0.3) is 0 Å². The fraction of sp³-hybridized carbons (Fsp3) is 0.348. The number of benzene rings is 1. The van der Waals surface area contributed by atoms with E-state index in [1.807, 2.05) is 45.0 Å². The minimum absolute atomic E-state index is 0.0171. The average molecular weight is 438 g/mol. The van der Waals surface area contributed by atoms with Crippen molar-refractivity contribution in [3.8, 4) is 0 Å². The van der Waals surface area contributed by atoms with Gasteiger partial charge in [-0.05, 0) is 74.6 Å². The number of piperidine rings is 1. The van der Waals surface area contributed by atoms with E-state index < -0.39 is 10.0 Å². The minimum Gasteiger partial charge on any atom is -0.309 e. The van der Waals surface area contributed by atoms with E-state index in [2.05, 4.69) is 20.3 Å². The van der Waals surface area contributed by atoms with Gasteiger partial charge in [-0.3, -0.25) is 0 Å². The molecule has 1 fully saturated rings. The number of nitrogens with zero attached hydrogens (tertiary/aromatic N) is 4. The van der Waals surface area contributed by atoms with E-state index in [0.717, 1.165) is 35.2 Å². The van der Waals surface area contributed by atoms with Crippen molar-refractivity contribution in [1.82, 2.24) is 19.3 Å². The van der Waals surface area contributed by atoms with Crippen LogP contribution < -0.4 is 5.32 Å². The van der Waals surface area contributed by atoms with Gasteiger partial charge in [0, 0.05) is 31.4 Å². The first kappa shape index (κ1) is 21.4. The van der Waals surface area contributed by atoms with Gasteiger partial charge in [0.2, 0.25) is 16.0 Å². The molecule has 7 nitrogen and oxygen atoms in total. The molecule has 1 aliphatic heterocycles. The molecule has 1 aromatic carbocycles. The van der Waals surface area contributed by atoms with Crippen LogP contribution in [-0.2, 0) is 10.0 Å². The molecule has 1 saturated heterocycles. The molecule has 0 bridgehead atoms. The highest BCUT2D eigenvalue weighted by Gasteiger charge is 2.31. The van der Waals surface area contributed by atoms with Crippen molar-refractivity contribution in [3.05, 3.63) is 71.2 Å². The van der Waals surface area contributed by atoms with Crippen molar-refractivity contribution in [1.29, 1.82) is 0 Å². The lowest BCUT2D eigenvalue weighted by Crippen LogP contribution is -2.39. The Hall–Kier alpha value is -2.84. The van der Waals surface area contributed by atoms with Crippen molar-refractivity contribution in [2.45, 2.75) is 44.4 Å². The fourth-order valence-electron chi connectivity index (χ4n) is 3.81. The van der Waals surface area contributed by atoms with Crippen LogP contribution in [0.2, 0.25) is 0 Å². The van der Waals surface area contributed by atoms with Gasteiger partial charge in [-0.1, -0.05) is 12.1 Å². The maximum absolute atomic E-state index is 13.2. The lowest BCUT2D eigenvalue weighted by Gasteiger charge is -2.31. The Morgan fingerprint density at radius 3 is 2.61 bits per heavy atom. The van der Waals surface area contributed by atoms with Crippen LogP contribution in [0.1, 0.15) is 41.1 Å². The van der Waals surface area contributed by atoms with Crippen LogP contribution in [0.4, 0.5) is 11.8 Å². The maximum atomic E-state index is 13.2. The van der Waals surface area contributed by atoms with Gasteiger partial charge in [-0.25, -0.2) is 23.4 Å². The number of sulfonamides is 1. The van der Waals surface area contributed by atoms with Crippen molar-refractivity contribution in [3.63, 3.8) is 0 Å². The summed E-state index contributed by atoms with van der Waals surface area (Å²) >= 11 is 0. The Morgan fingerprint density at radius 1 is 1.00 bits per heavy atom. The fourth-order valence-corrected chi connectivity index (χ4v) is 5.42. The molecule has 0 amide bonds. The highest BCUT2D eigenvalue weighted by molar-refractivity contribution is 7.89. The SMILES string of the molecule is Cc1ccc(S(=O)(=O)N2CCC[C@@H](c3ccnc(Nc4ncccc4C)n3)C2)cc1C. The van der Waals surface area contributed by atoms with Gasteiger partial charge in [0.15, 0.2) is 0 Å². The number of aromatic nitrogens is 3. The molecule has 31 heavy (non-hydrogen) atoms. The van der Waals surface area contributed by atoms with Crippen molar-refractivity contribution >= 4 is 21.8 Å². The van der Waals surface area contributed by atoms with Gasteiger partial charge in [-0.2, -0.15) is 4.31 Å². The maximum Gasteiger partial charge on any atom is 0.243 e. The highest BCUT2D eigenvalue weighted by atomic mass is 32.2. The third-order valence-corrected chi connectivity index (χ3v) is 7.70. The predicted octanol–water partition coefficient (Wildman–Crippen LogP) is 4.11. The molecule has 0 unspecified atom stereocenters. The molecule has 0 spiro atoms. The normalized spacial score (nSPS) is 17.5. The molecular weight excluding hydrogens is 410 g/mol. The van der Waals surface area contributed by atoms with Crippen molar-refractivity contribution in [2.75, 3.05) is 18.4 Å². The van der Waals surface area contributed by atoms with Gasteiger partial charge in [-0.15, -0.1) is 0 Å². The molecular formula is C23H27N5O2S. The molecule has 4 rings (SSSR count). The van der Waals surface area contributed by atoms with E-state index in [0.29, 0.717) is 29.8 Å². The summed E-state index contributed by atoms with van der Waals surface area (Å²) in [6, 6.07) is 11.0. The zero-order valence-corrected chi connectivity index (χ0v) is 18.9. The number of anilines is 2. The molecule has 3 aromatic rings. The molecule has 1 N–H and O–H groups in total. The second-order valence-electron chi connectivity index (χ2n) is 8.05. The summed E-state index contributed by atoms with van der Waals surface area (Å²) in [4.78, 5) is 13.7. The second kappa shape index (κ2) is 8.72. The lowest BCUT2D eigenvalue weighted by molar-refractivity contribution is 0.312. The van der Waals surface area contributed by atoms with Gasteiger partial charge in [0.05, 0.1) is 10.6 Å². The first-order valence-electron chi connectivity index (χ1n) is 10.4. The summed E-state index contributed by atoms with van der Waals surface area (Å²) in [6.07, 6.45) is 5.11. The summed E-state index contributed by atoms with van der Waals surface area (Å²) in [7, 11) is -3.54. The van der Waals surface area contributed by atoms with E-state index in [-0.39, 0.29) is 5.92 Å². The van der Waals surface area contributed by atoms with Crippen LogP contribution >= 0.6 is 0 Å². The molecule has 2 aromatic heterocycles. The number of hydrogen-bond donors (Lipinski definition) is 1. The number of hydrogen-bond acceptors (Lipinski definition) is 6. The van der Waals surface area contributed by atoms with Crippen molar-refractivity contribution in [2.24, 2.45) is 0 Å². The number of nitrogens with one attached hydrogen (secondary N) is 1. The Bertz CT molecular complexity index is 1200. The minimum atomic E-state index is -3.54. The Morgan fingerprint density at radius 2 is 1.84 bits per heavy atom. The quantitative estimate of drug-likeness (QED) is 0.646. The number of rotatable bonds is 5.